The second-order valence-electron chi connectivity index (χ2n) is 9.37. The van der Waals surface area contributed by atoms with Crippen LogP contribution >= 0.6 is 0 Å². The Balaban J connectivity index is 1.90. The summed E-state index contributed by atoms with van der Waals surface area (Å²) in [6.07, 6.45) is 8.43. The fourth-order valence-electron chi connectivity index (χ4n) is 6.78. The quantitative estimate of drug-likeness (QED) is 0.689. The van der Waals surface area contributed by atoms with Crippen LogP contribution in [0.4, 0.5) is 0 Å². The lowest BCUT2D eigenvalue weighted by molar-refractivity contribution is -0.0951. The minimum Gasteiger partial charge on any atom is -0.396 e. The molecule has 3 heteroatoms. The van der Waals surface area contributed by atoms with Crippen molar-refractivity contribution in [2.24, 2.45) is 40.2 Å². The minimum atomic E-state index is -0.233. The number of nitrogens with two attached hydrogens (primary N) is 1. The topological polar surface area (TPSA) is 66.5 Å². The van der Waals surface area contributed by atoms with E-state index in [1.807, 2.05) is 0 Å². The molecule has 3 aliphatic rings. The Kier molecular flexibility index (Phi) is 5.17. The third-order valence-electron chi connectivity index (χ3n) is 8.46. The molecule has 24 heavy (non-hydrogen) atoms. The first kappa shape index (κ1) is 18.4. The zero-order chi connectivity index (χ0) is 17.5. The van der Waals surface area contributed by atoms with Gasteiger partial charge in [-0.1, -0.05) is 26.0 Å². The maximum Gasteiger partial charge on any atom is 0.0544 e. The number of fused-ring (bicyclic) bond motifs is 1. The Morgan fingerprint density at radius 1 is 1.17 bits per heavy atom. The molecule has 3 aliphatic carbocycles. The second kappa shape index (κ2) is 6.74. The van der Waals surface area contributed by atoms with Gasteiger partial charge in [-0.25, -0.2) is 0 Å². The summed E-state index contributed by atoms with van der Waals surface area (Å²) in [4.78, 5) is 0. The molecule has 0 aromatic heterocycles. The Bertz CT molecular complexity index is 478. The van der Waals surface area contributed by atoms with E-state index < -0.39 is 0 Å². The van der Waals surface area contributed by atoms with Crippen molar-refractivity contribution in [2.45, 2.75) is 71.3 Å². The molecule has 4 N–H and O–H groups in total. The summed E-state index contributed by atoms with van der Waals surface area (Å²) in [5, 5.41) is 20.1. The zero-order valence-corrected chi connectivity index (χ0v) is 15.6. The normalized spacial score (nSPS) is 49.2. The zero-order valence-electron chi connectivity index (χ0n) is 15.6. The Morgan fingerprint density at radius 2 is 1.92 bits per heavy atom. The highest BCUT2D eigenvalue weighted by Crippen LogP contribution is 2.64. The van der Waals surface area contributed by atoms with Crippen LogP contribution in [0.2, 0.25) is 0 Å². The number of allylic oxidation sites excluding steroid dienone is 1. The number of aliphatic hydroxyl groups is 2. The van der Waals surface area contributed by atoms with Crippen molar-refractivity contribution in [3.05, 3.63) is 12.2 Å². The van der Waals surface area contributed by atoms with Crippen LogP contribution in [0.1, 0.15) is 65.2 Å². The summed E-state index contributed by atoms with van der Waals surface area (Å²) in [7, 11) is 0. The first-order valence-electron chi connectivity index (χ1n) is 10.0. The Labute approximate surface area is 147 Å². The summed E-state index contributed by atoms with van der Waals surface area (Å²) in [5.41, 5.74) is 7.93. The van der Waals surface area contributed by atoms with Gasteiger partial charge in [0.1, 0.15) is 0 Å². The van der Waals surface area contributed by atoms with Gasteiger partial charge in [-0.2, -0.15) is 0 Å². The van der Waals surface area contributed by atoms with E-state index in [-0.39, 0.29) is 24.0 Å². The molecule has 3 rings (SSSR count). The minimum absolute atomic E-state index is 0.138. The molecule has 0 heterocycles. The fraction of sp³-hybridized carbons (Fsp3) is 0.905. The summed E-state index contributed by atoms with van der Waals surface area (Å²) in [5.74, 6) is 2.19. The lowest BCUT2D eigenvalue weighted by atomic mass is 9.49. The number of aliphatic hydroxyl groups excluding tert-OH is 2. The molecule has 0 aromatic carbocycles. The average molecular weight is 336 g/mol. The largest absolute Gasteiger partial charge is 0.396 e. The van der Waals surface area contributed by atoms with E-state index >= 15 is 0 Å². The molecule has 0 spiro atoms. The van der Waals surface area contributed by atoms with Gasteiger partial charge in [-0.05, 0) is 92.4 Å². The van der Waals surface area contributed by atoms with E-state index in [2.05, 4.69) is 20.4 Å². The molecule has 0 saturated heterocycles. The summed E-state index contributed by atoms with van der Waals surface area (Å²) < 4.78 is 0. The van der Waals surface area contributed by atoms with Crippen LogP contribution in [-0.4, -0.2) is 29.5 Å². The van der Waals surface area contributed by atoms with Gasteiger partial charge in [0.25, 0.3) is 0 Å². The maximum atomic E-state index is 10.1. The number of rotatable bonds is 4. The Morgan fingerprint density at radius 3 is 2.58 bits per heavy atom. The van der Waals surface area contributed by atoms with E-state index in [4.69, 9.17) is 5.73 Å². The van der Waals surface area contributed by atoms with Crippen LogP contribution in [0.3, 0.4) is 0 Å². The highest BCUT2D eigenvalue weighted by atomic mass is 16.3. The third-order valence-corrected chi connectivity index (χ3v) is 8.46. The van der Waals surface area contributed by atoms with Gasteiger partial charge in [0.15, 0.2) is 0 Å². The molecular weight excluding hydrogens is 298 g/mol. The van der Waals surface area contributed by atoms with E-state index in [9.17, 15) is 10.2 Å². The number of hydrogen-bond acceptors (Lipinski definition) is 3. The first-order valence-corrected chi connectivity index (χ1v) is 10.0. The van der Waals surface area contributed by atoms with Gasteiger partial charge in [-0.3, -0.25) is 0 Å². The van der Waals surface area contributed by atoms with Crippen molar-refractivity contribution in [1.82, 2.24) is 0 Å². The third kappa shape index (κ3) is 2.77. The van der Waals surface area contributed by atoms with Crippen molar-refractivity contribution >= 4 is 0 Å². The number of hydrogen-bond donors (Lipinski definition) is 3. The van der Waals surface area contributed by atoms with Crippen molar-refractivity contribution < 1.29 is 10.2 Å². The lowest BCUT2D eigenvalue weighted by Crippen LogP contribution is -2.51. The van der Waals surface area contributed by atoms with Crippen molar-refractivity contribution in [3.8, 4) is 0 Å². The predicted octanol–water partition coefficient (Wildman–Crippen LogP) is 3.49. The maximum absolute atomic E-state index is 10.1. The molecule has 0 aliphatic heterocycles. The van der Waals surface area contributed by atoms with Gasteiger partial charge in [0, 0.05) is 6.61 Å². The molecule has 7 atom stereocenters. The van der Waals surface area contributed by atoms with E-state index in [0.717, 1.165) is 32.2 Å². The van der Waals surface area contributed by atoms with Gasteiger partial charge in [-0.15, -0.1) is 0 Å². The smallest absolute Gasteiger partial charge is 0.0544 e. The fourth-order valence-corrected chi connectivity index (χ4v) is 6.78. The van der Waals surface area contributed by atoms with Crippen LogP contribution in [0.25, 0.3) is 0 Å². The summed E-state index contributed by atoms with van der Waals surface area (Å²) in [6.45, 7) is 10.2. The van der Waals surface area contributed by atoms with Crippen LogP contribution in [0, 0.1) is 34.5 Å². The lowest BCUT2D eigenvalue weighted by Gasteiger charge is -2.56. The van der Waals surface area contributed by atoms with Crippen molar-refractivity contribution in [2.75, 3.05) is 13.2 Å². The molecule has 0 amide bonds. The molecule has 0 bridgehead atoms. The van der Waals surface area contributed by atoms with Gasteiger partial charge < -0.3 is 15.9 Å². The van der Waals surface area contributed by atoms with Crippen LogP contribution in [-0.2, 0) is 0 Å². The second-order valence-corrected chi connectivity index (χ2v) is 9.37. The summed E-state index contributed by atoms with van der Waals surface area (Å²) >= 11 is 0. The van der Waals surface area contributed by atoms with Gasteiger partial charge in [0.2, 0.25) is 0 Å². The summed E-state index contributed by atoms with van der Waals surface area (Å²) in [6, 6.07) is 0. The molecule has 3 saturated carbocycles. The average Bonchev–Trinajstić information content (AvgIpc) is 2.86. The van der Waals surface area contributed by atoms with E-state index in [1.165, 1.54) is 31.3 Å². The standard InChI is InChI=1S/C21H37NO2/c1-14-4-5-18-17(8-11-22)19(7-10-20(14,18)2)21(3)9-6-16(24)12-15(21)13-23/h15-19,23-24H,1,4-13,22H2,2-3H3/t15-,16+,17+,18+,19+,20-,21+/m1/s1. The first-order chi connectivity index (χ1) is 11.4. The highest BCUT2D eigenvalue weighted by Gasteiger charge is 2.56. The molecule has 0 unspecified atom stereocenters. The highest BCUT2D eigenvalue weighted by molar-refractivity contribution is 5.20. The molecular formula is C21H37NO2. The van der Waals surface area contributed by atoms with E-state index in [0.29, 0.717) is 23.2 Å². The molecule has 0 aromatic rings. The van der Waals surface area contributed by atoms with Crippen LogP contribution in [0.5, 0.6) is 0 Å². The van der Waals surface area contributed by atoms with E-state index in [1.54, 1.807) is 0 Å². The molecule has 0 radical (unpaired) electrons. The van der Waals surface area contributed by atoms with Crippen LogP contribution < -0.4 is 5.73 Å². The monoisotopic (exact) mass is 335 g/mol. The molecule has 138 valence electrons. The van der Waals surface area contributed by atoms with Gasteiger partial charge in [0.05, 0.1) is 6.10 Å². The SMILES string of the molecule is C=C1CC[C@H]2[C@H](CCN)[C@@H]([C@@]3(C)CC[C@H](O)C[C@@H]3CO)CC[C@]12C. The predicted molar refractivity (Wildman–Crippen MR) is 98.4 cm³/mol. The molecule has 3 fully saturated rings. The molecule has 3 nitrogen and oxygen atoms in total. The van der Waals surface area contributed by atoms with Crippen molar-refractivity contribution in [3.63, 3.8) is 0 Å². The van der Waals surface area contributed by atoms with Crippen LogP contribution in [0.15, 0.2) is 12.2 Å². The van der Waals surface area contributed by atoms with Gasteiger partial charge >= 0.3 is 0 Å². The van der Waals surface area contributed by atoms with Crippen molar-refractivity contribution in [1.29, 1.82) is 0 Å². The Hall–Kier alpha value is -0.380.